The molecule has 0 spiro atoms. The van der Waals surface area contributed by atoms with E-state index in [1.54, 1.807) is 0 Å². The van der Waals surface area contributed by atoms with Crippen molar-refractivity contribution in [1.82, 2.24) is 4.72 Å². The highest BCUT2D eigenvalue weighted by Crippen LogP contribution is 2.18. The van der Waals surface area contributed by atoms with Gasteiger partial charge in [0.1, 0.15) is 0 Å². The van der Waals surface area contributed by atoms with Crippen LogP contribution in [0, 0.1) is 0 Å². The summed E-state index contributed by atoms with van der Waals surface area (Å²) in [5, 5.41) is 9.34. The topological polar surface area (TPSA) is 75.6 Å². The molecule has 6 heteroatoms. The highest BCUT2D eigenvalue weighted by atomic mass is 32.2. The lowest BCUT2D eigenvalue weighted by Gasteiger charge is -2.30. The molecule has 0 saturated carbocycles. The molecular formula is C11H23NO4S. The average molecular weight is 265 g/mol. The Kier molecular flexibility index (Phi) is 5.37. The van der Waals surface area contributed by atoms with E-state index in [9.17, 15) is 13.5 Å². The smallest absolute Gasteiger partial charge is 0.214 e. The fourth-order valence-electron chi connectivity index (χ4n) is 2.04. The molecule has 0 aliphatic carbocycles. The normalized spacial score (nSPS) is 21.9. The molecule has 0 bridgehead atoms. The summed E-state index contributed by atoms with van der Waals surface area (Å²) >= 11 is 0. The van der Waals surface area contributed by atoms with Crippen molar-refractivity contribution in [2.45, 2.75) is 51.2 Å². The zero-order valence-corrected chi connectivity index (χ0v) is 11.4. The first-order chi connectivity index (χ1) is 7.97. The number of hydrogen-bond donors (Lipinski definition) is 2. The van der Waals surface area contributed by atoms with Crippen LogP contribution in [0.3, 0.4) is 0 Å². The standard InChI is InChI=1S/C11H23NO4S/c1-3-11(4-2,9-13)12-17(14,15)8-10-6-5-7-16-10/h10,12-13H,3-9H2,1-2H3. The summed E-state index contributed by atoms with van der Waals surface area (Å²) in [6.45, 7) is 4.21. The van der Waals surface area contributed by atoms with Gasteiger partial charge in [0.05, 0.1) is 24.0 Å². The Morgan fingerprint density at radius 1 is 1.41 bits per heavy atom. The number of nitrogens with one attached hydrogen (secondary N) is 1. The van der Waals surface area contributed by atoms with Gasteiger partial charge in [-0.15, -0.1) is 0 Å². The lowest BCUT2D eigenvalue weighted by Crippen LogP contribution is -2.52. The first kappa shape index (κ1) is 14.9. The summed E-state index contributed by atoms with van der Waals surface area (Å²) < 4.78 is 31.9. The largest absolute Gasteiger partial charge is 0.394 e. The Hall–Kier alpha value is -0.170. The number of ether oxygens (including phenoxy) is 1. The molecule has 0 amide bonds. The second-order valence-corrected chi connectivity index (χ2v) is 6.43. The van der Waals surface area contributed by atoms with Crippen LogP contribution in [-0.2, 0) is 14.8 Å². The van der Waals surface area contributed by atoms with Crippen molar-refractivity contribution in [2.24, 2.45) is 0 Å². The Labute approximate surface area is 104 Å². The molecule has 0 radical (unpaired) electrons. The van der Waals surface area contributed by atoms with Crippen LogP contribution in [0.1, 0.15) is 39.5 Å². The molecule has 17 heavy (non-hydrogen) atoms. The molecule has 1 saturated heterocycles. The Bertz CT molecular complexity index is 310. The first-order valence-corrected chi connectivity index (χ1v) is 7.86. The fourth-order valence-corrected chi connectivity index (χ4v) is 3.89. The fraction of sp³-hybridized carbons (Fsp3) is 1.00. The minimum absolute atomic E-state index is 0.00521. The molecule has 1 fully saturated rings. The van der Waals surface area contributed by atoms with E-state index in [-0.39, 0.29) is 18.5 Å². The maximum Gasteiger partial charge on any atom is 0.214 e. The molecule has 1 rings (SSSR count). The minimum Gasteiger partial charge on any atom is -0.394 e. The quantitative estimate of drug-likeness (QED) is 0.708. The van der Waals surface area contributed by atoms with Gasteiger partial charge in [-0.2, -0.15) is 0 Å². The second kappa shape index (κ2) is 6.13. The highest BCUT2D eigenvalue weighted by molar-refractivity contribution is 7.89. The van der Waals surface area contributed by atoms with Gasteiger partial charge in [-0.05, 0) is 25.7 Å². The minimum atomic E-state index is -3.39. The lowest BCUT2D eigenvalue weighted by atomic mass is 9.96. The number of aliphatic hydroxyl groups is 1. The molecule has 0 aromatic carbocycles. The summed E-state index contributed by atoms with van der Waals surface area (Å²) in [7, 11) is -3.39. The lowest BCUT2D eigenvalue weighted by molar-refractivity contribution is 0.126. The van der Waals surface area contributed by atoms with Crippen molar-refractivity contribution < 1.29 is 18.3 Å². The first-order valence-electron chi connectivity index (χ1n) is 6.21. The van der Waals surface area contributed by atoms with Gasteiger partial charge in [0.25, 0.3) is 0 Å². The molecule has 5 nitrogen and oxygen atoms in total. The van der Waals surface area contributed by atoms with Gasteiger partial charge in [0.15, 0.2) is 0 Å². The van der Waals surface area contributed by atoms with E-state index in [1.807, 2.05) is 13.8 Å². The average Bonchev–Trinajstić information content (AvgIpc) is 2.78. The van der Waals surface area contributed by atoms with Gasteiger partial charge in [-0.25, -0.2) is 13.1 Å². The van der Waals surface area contributed by atoms with Crippen LogP contribution in [0.4, 0.5) is 0 Å². The maximum absolute atomic E-state index is 12.0. The van der Waals surface area contributed by atoms with Crippen molar-refractivity contribution in [3.63, 3.8) is 0 Å². The number of hydrogen-bond acceptors (Lipinski definition) is 4. The van der Waals surface area contributed by atoms with Gasteiger partial charge in [-0.1, -0.05) is 13.8 Å². The number of rotatable bonds is 7. The van der Waals surface area contributed by atoms with Gasteiger partial charge >= 0.3 is 0 Å². The third-order valence-electron chi connectivity index (χ3n) is 3.46. The molecular weight excluding hydrogens is 242 g/mol. The van der Waals surface area contributed by atoms with Crippen molar-refractivity contribution in [3.05, 3.63) is 0 Å². The van der Waals surface area contributed by atoms with E-state index in [0.29, 0.717) is 19.4 Å². The van der Waals surface area contributed by atoms with Crippen molar-refractivity contribution in [3.8, 4) is 0 Å². The van der Waals surface area contributed by atoms with E-state index in [2.05, 4.69) is 4.72 Å². The Balaban J connectivity index is 2.63. The van der Waals surface area contributed by atoms with Crippen molar-refractivity contribution in [2.75, 3.05) is 19.0 Å². The summed E-state index contributed by atoms with van der Waals surface area (Å²) in [4.78, 5) is 0. The van der Waals surface area contributed by atoms with Crippen LogP contribution < -0.4 is 4.72 Å². The van der Waals surface area contributed by atoms with Crippen LogP contribution >= 0.6 is 0 Å². The SMILES string of the molecule is CCC(CC)(CO)NS(=O)(=O)CC1CCCO1. The summed E-state index contributed by atoms with van der Waals surface area (Å²) in [5.41, 5.74) is -0.725. The van der Waals surface area contributed by atoms with E-state index in [1.165, 1.54) is 0 Å². The monoisotopic (exact) mass is 265 g/mol. The third-order valence-corrected chi connectivity index (χ3v) is 5.01. The molecule has 1 unspecified atom stereocenters. The molecule has 102 valence electrons. The Morgan fingerprint density at radius 2 is 2.06 bits per heavy atom. The van der Waals surface area contributed by atoms with Crippen LogP contribution in [0.5, 0.6) is 0 Å². The second-order valence-electron chi connectivity index (χ2n) is 4.66. The van der Waals surface area contributed by atoms with E-state index < -0.39 is 15.6 Å². The van der Waals surface area contributed by atoms with Crippen LogP contribution in [0.25, 0.3) is 0 Å². The molecule has 0 aromatic heterocycles. The highest BCUT2D eigenvalue weighted by Gasteiger charge is 2.32. The molecule has 1 aliphatic rings. The van der Waals surface area contributed by atoms with Gasteiger partial charge in [0.2, 0.25) is 10.0 Å². The maximum atomic E-state index is 12.0. The molecule has 1 atom stereocenters. The van der Waals surface area contributed by atoms with Crippen LogP contribution in [0.2, 0.25) is 0 Å². The predicted octanol–water partition coefficient (Wildman–Crippen LogP) is 0.636. The molecule has 2 N–H and O–H groups in total. The number of aliphatic hydroxyl groups excluding tert-OH is 1. The van der Waals surface area contributed by atoms with Crippen molar-refractivity contribution >= 4 is 10.0 Å². The predicted molar refractivity (Wildman–Crippen MR) is 66.3 cm³/mol. The van der Waals surface area contributed by atoms with Gasteiger partial charge in [0, 0.05) is 6.61 Å². The zero-order chi connectivity index (χ0) is 12.9. The van der Waals surface area contributed by atoms with Gasteiger partial charge in [-0.3, -0.25) is 0 Å². The molecule has 0 aromatic rings. The third kappa shape index (κ3) is 4.21. The van der Waals surface area contributed by atoms with Crippen LogP contribution in [0.15, 0.2) is 0 Å². The van der Waals surface area contributed by atoms with E-state index in [0.717, 1.165) is 12.8 Å². The van der Waals surface area contributed by atoms with Crippen LogP contribution in [-0.4, -0.2) is 44.1 Å². The van der Waals surface area contributed by atoms with E-state index >= 15 is 0 Å². The molecule has 1 aliphatic heterocycles. The van der Waals surface area contributed by atoms with E-state index in [4.69, 9.17) is 4.74 Å². The summed E-state index contributed by atoms with van der Waals surface area (Å²) in [6.07, 6.45) is 2.67. The number of sulfonamides is 1. The summed E-state index contributed by atoms with van der Waals surface area (Å²) in [6, 6.07) is 0. The Morgan fingerprint density at radius 3 is 2.47 bits per heavy atom. The zero-order valence-electron chi connectivity index (χ0n) is 10.6. The summed E-state index contributed by atoms with van der Waals surface area (Å²) in [5.74, 6) is -0.00521. The van der Waals surface area contributed by atoms with Gasteiger partial charge < -0.3 is 9.84 Å². The van der Waals surface area contributed by atoms with Crippen molar-refractivity contribution in [1.29, 1.82) is 0 Å². The molecule has 1 heterocycles.